The van der Waals surface area contributed by atoms with Crippen LogP contribution in [-0.4, -0.2) is 60.2 Å². The molecule has 25 heavy (non-hydrogen) atoms. The van der Waals surface area contributed by atoms with Crippen molar-refractivity contribution >= 4 is 11.9 Å². The van der Waals surface area contributed by atoms with Crippen LogP contribution in [0.3, 0.4) is 0 Å². The van der Waals surface area contributed by atoms with Gasteiger partial charge in [0.05, 0.1) is 18.8 Å². The predicted octanol–water partition coefficient (Wildman–Crippen LogP) is 1.94. The molecule has 130 valence electrons. The van der Waals surface area contributed by atoms with Crippen molar-refractivity contribution in [3.05, 3.63) is 53.9 Å². The first-order valence-electron chi connectivity index (χ1n) is 8.80. The van der Waals surface area contributed by atoms with Gasteiger partial charge in [-0.15, -0.1) is 0 Å². The lowest BCUT2D eigenvalue weighted by molar-refractivity contribution is 0.0790. The van der Waals surface area contributed by atoms with Crippen LogP contribution in [0.4, 0.5) is 5.95 Å². The first-order chi connectivity index (χ1) is 12.3. The molecule has 0 N–H and O–H groups in total. The molecule has 2 aromatic rings. The van der Waals surface area contributed by atoms with Crippen LogP contribution in [0.15, 0.2) is 42.7 Å². The SMILES string of the molecule is O=C(c1cnc(N2CCOCC2)nc1)N1CC[C@@H](c2ccccc2)C1. The number of ether oxygens (including phenoxy) is 1. The van der Waals surface area contributed by atoms with Gasteiger partial charge in [0.2, 0.25) is 5.95 Å². The van der Waals surface area contributed by atoms with Crippen LogP contribution in [0.5, 0.6) is 0 Å². The fourth-order valence-electron chi connectivity index (χ4n) is 3.48. The number of aromatic nitrogens is 2. The zero-order chi connectivity index (χ0) is 17.1. The summed E-state index contributed by atoms with van der Waals surface area (Å²) in [6.45, 7) is 4.51. The molecule has 1 amide bonds. The van der Waals surface area contributed by atoms with Crippen molar-refractivity contribution in [3.8, 4) is 0 Å². The number of rotatable bonds is 3. The number of likely N-dealkylation sites (tertiary alicyclic amines) is 1. The van der Waals surface area contributed by atoms with E-state index in [4.69, 9.17) is 4.74 Å². The van der Waals surface area contributed by atoms with Crippen molar-refractivity contribution < 1.29 is 9.53 Å². The Morgan fingerprint density at radius 2 is 1.76 bits per heavy atom. The van der Waals surface area contributed by atoms with E-state index in [-0.39, 0.29) is 5.91 Å². The van der Waals surface area contributed by atoms with Crippen LogP contribution in [0, 0.1) is 0 Å². The van der Waals surface area contributed by atoms with E-state index in [2.05, 4.69) is 39.1 Å². The van der Waals surface area contributed by atoms with E-state index >= 15 is 0 Å². The second-order valence-electron chi connectivity index (χ2n) is 6.52. The Kier molecular flexibility index (Phi) is 4.61. The summed E-state index contributed by atoms with van der Waals surface area (Å²) >= 11 is 0. The van der Waals surface area contributed by atoms with Crippen LogP contribution < -0.4 is 4.90 Å². The summed E-state index contributed by atoms with van der Waals surface area (Å²) in [5.74, 6) is 1.11. The summed E-state index contributed by atoms with van der Waals surface area (Å²) < 4.78 is 5.34. The Morgan fingerprint density at radius 1 is 1.04 bits per heavy atom. The number of anilines is 1. The lowest BCUT2D eigenvalue weighted by Crippen LogP contribution is -2.37. The minimum Gasteiger partial charge on any atom is -0.378 e. The van der Waals surface area contributed by atoms with Crippen molar-refractivity contribution in [1.82, 2.24) is 14.9 Å². The molecular weight excluding hydrogens is 316 g/mol. The maximum atomic E-state index is 12.7. The molecule has 4 rings (SSSR count). The summed E-state index contributed by atoms with van der Waals surface area (Å²) in [7, 11) is 0. The second-order valence-corrected chi connectivity index (χ2v) is 6.52. The van der Waals surface area contributed by atoms with Gasteiger partial charge in [0, 0.05) is 44.5 Å². The Morgan fingerprint density at radius 3 is 2.48 bits per heavy atom. The van der Waals surface area contributed by atoms with Gasteiger partial charge in [-0.2, -0.15) is 0 Å². The molecule has 1 atom stereocenters. The summed E-state index contributed by atoms with van der Waals surface area (Å²) in [6.07, 6.45) is 4.30. The Hall–Kier alpha value is -2.47. The predicted molar refractivity (Wildman–Crippen MR) is 94.8 cm³/mol. The molecule has 1 aromatic carbocycles. The largest absolute Gasteiger partial charge is 0.378 e. The molecular formula is C19H22N4O2. The molecule has 2 aliphatic rings. The first kappa shape index (κ1) is 16.0. The molecule has 0 unspecified atom stereocenters. The van der Waals surface area contributed by atoms with Gasteiger partial charge in [-0.1, -0.05) is 30.3 Å². The molecule has 0 aliphatic carbocycles. The van der Waals surface area contributed by atoms with Crippen molar-refractivity contribution in [3.63, 3.8) is 0 Å². The Bertz CT molecular complexity index is 714. The highest BCUT2D eigenvalue weighted by atomic mass is 16.5. The van der Waals surface area contributed by atoms with Crippen LogP contribution in [-0.2, 0) is 4.74 Å². The standard InChI is InChI=1S/C19H22N4O2/c24-18(23-7-6-16(14-23)15-4-2-1-3-5-15)17-12-20-19(21-13-17)22-8-10-25-11-9-22/h1-5,12-13,16H,6-11,14H2/t16-/m1/s1. The van der Waals surface area contributed by atoms with Gasteiger partial charge >= 0.3 is 0 Å². The van der Waals surface area contributed by atoms with Crippen LogP contribution >= 0.6 is 0 Å². The van der Waals surface area contributed by atoms with E-state index in [0.717, 1.165) is 32.6 Å². The van der Waals surface area contributed by atoms with E-state index in [1.165, 1.54) is 5.56 Å². The molecule has 6 heteroatoms. The van der Waals surface area contributed by atoms with Gasteiger partial charge in [-0.25, -0.2) is 9.97 Å². The number of benzene rings is 1. The molecule has 0 bridgehead atoms. The summed E-state index contributed by atoms with van der Waals surface area (Å²) in [5, 5.41) is 0. The lowest BCUT2D eigenvalue weighted by atomic mass is 9.99. The van der Waals surface area contributed by atoms with Crippen LogP contribution in [0.2, 0.25) is 0 Å². The number of morpholine rings is 1. The average molecular weight is 338 g/mol. The van der Waals surface area contributed by atoms with Crippen molar-refractivity contribution in [2.75, 3.05) is 44.3 Å². The monoisotopic (exact) mass is 338 g/mol. The van der Waals surface area contributed by atoms with E-state index in [1.807, 2.05) is 11.0 Å². The van der Waals surface area contributed by atoms with Crippen molar-refractivity contribution in [2.45, 2.75) is 12.3 Å². The minimum absolute atomic E-state index is 0.0203. The van der Waals surface area contributed by atoms with Gasteiger partial charge in [-0.05, 0) is 12.0 Å². The Balaban J connectivity index is 1.41. The number of hydrogen-bond acceptors (Lipinski definition) is 5. The number of carbonyl (C=O) groups is 1. The van der Waals surface area contributed by atoms with E-state index in [9.17, 15) is 4.79 Å². The highest BCUT2D eigenvalue weighted by Gasteiger charge is 2.28. The van der Waals surface area contributed by atoms with Gasteiger partial charge in [0.1, 0.15) is 0 Å². The highest BCUT2D eigenvalue weighted by molar-refractivity contribution is 5.94. The third kappa shape index (κ3) is 3.49. The van der Waals surface area contributed by atoms with E-state index in [0.29, 0.717) is 30.6 Å². The maximum absolute atomic E-state index is 12.7. The van der Waals surface area contributed by atoms with Crippen LogP contribution in [0.25, 0.3) is 0 Å². The normalized spacial score (nSPS) is 20.7. The van der Waals surface area contributed by atoms with Gasteiger partial charge in [0.15, 0.2) is 0 Å². The average Bonchev–Trinajstić information content (AvgIpc) is 3.19. The number of carbonyl (C=O) groups excluding carboxylic acids is 1. The van der Waals surface area contributed by atoms with Crippen molar-refractivity contribution in [1.29, 1.82) is 0 Å². The highest BCUT2D eigenvalue weighted by Crippen LogP contribution is 2.27. The number of nitrogens with zero attached hydrogens (tertiary/aromatic N) is 4. The Labute approximate surface area is 147 Å². The molecule has 2 aliphatic heterocycles. The van der Waals surface area contributed by atoms with E-state index < -0.39 is 0 Å². The third-order valence-corrected chi connectivity index (χ3v) is 4.93. The minimum atomic E-state index is 0.0203. The first-order valence-corrected chi connectivity index (χ1v) is 8.80. The topological polar surface area (TPSA) is 58.6 Å². The van der Waals surface area contributed by atoms with Gasteiger partial charge < -0.3 is 14.5 Å². The third-order valence-electron chi connectivity index (χ3n) is 4.93. The molecule has 1 aromatic heterocycles. The lowest BCUT2D eigenvalue weighted by Gasteiger charge is -2.26. The zero-order valence-corrected chi connectivity index (χ0v) is 14.2. The quantitative estimate of drug-likeness (QED) is 0.856. The fraction of sp³-hybridized carbons (Fsp3) is 0.421. The molecule has 0 spiro atoms. The number of hydrogen-bond donors (Lipinski definition) is 0. The zero-order valence-electron chi connectivity index (χ0n) is 14.2. The fourth-order valence-corrected chi connectivity index (χ4v) is 3.48. The number of amides is 1. The molecule has 2 fully saturated rings. The molecule has 0 saturated carbocycles. The van der Waals surface area contributed by atoms with Crippen molar-refractivity contribution in [2.24, 2.45) is 0 Å². The van der Waals surface area contributed by atoms with E-state index in [1.54, 1.807) is 12.4 Å². The molecule has 6 nitrogen and oxygen atoms in total. The summed E-state index contributed by atoms with van der Waals surface area (Å²) in [4.78, 5) is 25.5. The summed E-state index contributed by atoms with van der Waals surface area (Å²) in [5.41, 5.74) is 1.86. The maximum Gasteiger partial charge on any atom is 0.257 e. The van der Waals surface area contributed by atoms with Gasteiger partial charge in [0.25, 0.3) is 5.91 Å². The molecule has 2 saturated heterocycles. The molecule has 0 radical (unpaired) electrons. The second kappa shape index (κ2) is 7.19. The summed E-state index contributed by atoms with van der Waals surface area (Å²) in [6, 6.07) is 10.4. The van der Waals surface area contributed by atoms with Crippen LogP contribution in [0.1, 0.15) is 28.3 Å². The smallest absolute Gasteiger partial charge is 0.257 e. The molecule has 3 heterocycles. The van der Waals surface area contributed by atoms with Gasteiger partial charge in [-0.3, -0.25) is 4.79 Å².